The van der Waals surface area contributed by atoms with E-state index in [2.05, 4.69) is 9.28 Å². The number of thiophene rings is 1. The lowest BCUT2D eigenvalue weighted by Crippen LogP contribution is -2.27. The first kappa shape index (κ1) is 25.2. The summed E-state index contributed by atoms with van der Waals surface area (Å²) in [6.07, 6.45) is -4.87. The molecule has 0 amide bonds. The van der Waals surface area contributed by atoms with Gasteiger partial charge >= 0.3 is 21.8 Å². The third-order valence-electron chi connectivity index (χ3n) is 4.10. The van der Waals surface area contributed by atoms with Gasteiger partial charge in [-0.3, -0.25) is 8.86 Å². The zero-order valence-corrected chi connectivity index (χ0v) is 18.5. The number of hydrogen-bond donors (Lipinski definition) is 1. The first-order valence-electron chi connectivity index (χ1n) is 8.65. The highest BCUT2D eigenvalue weighted by molar-refractivity contribution is 7.87. The van der Waals surface area contributed by atoms with Gasteiger partial charge in [-0.05, 0) is 35.9 Å². The molecule has 0 radical (unpaired) electrons. The summed E-state index contributed by atoms with van der Waals surface area (Å²) in [5.41, 5.74) is -6.68. The Morgan fingerprint density at radius 3 is 2.27 bits per heavy atom. The fourth-order valence-corrected chi connectivity index (χ4v) is 4.53. The zero-order chi connectivity index (χ0) is 24.6. The molecule has 0 aliphatic carbocycles. The lowest BCUT2D eigenvalue weighted by atomic mass is 10.2. The predicted molar refractivity (Wildman–Crippen MR) is 105 cm³/mol. The lowest BCUT2D eigenvalue weighted by Gasteiger charge is -2.09. The molecule has 0 spiro atoms. The van der Waals surface area contributed by atoms with Crippen molar-refractivity contribution in [3.63, 3.8) is 0 Å². The van der Waals surface area contributed by atoms with Crippen LogP contribution in [0.1, 0.15) is 5.69 Å². The van der Waals surface area contributed by atoms with Crippen molar-refractivity contribution in [3.8, 4) is 21.0 Å². The molecule has 0 saturated heterocycles. The second-order valence-corrected chi connectivity index (χ2v) is 10.1. The Morgan fingerprint density at radius 1 is 1.00 bits per heavy atom. The quantitative estimate of drug-likeness (QED) is 0.212. The number of halogens is 6. The summed E-state index contributed by atoms with van der Waals surface area (Å²) < 4.78 is 126. The predicted octanol–water partition coefficient (Wildman–Crippen LogP) is 4.13. The Morgan fingerprint density at radius 2 is 1.67 bits per heavy atom. The molecule has 0 bridgehead atoms. The third kappa shape index (κ3) is 5.74. The van der Waals surface area contributed by atoms with E-state index in [0.717, 1.165) is 11.3 Å². The molecule has 16 heteroatoms. The number of thiol groups is 1. The lowest BCUT2D eigenvalue weighted by molar-refractivity contribution is -0.141. The van der Waals surface area contributed by atoms with E-state index in [1.54, 1.807) is 6.07 Å². The summed E-state index contributed by atoms with van der Waals surface area (Å²) in [6, 6.07) is 9.42. The summed E-state index contributed by atoms with van der Waals surface area (Å²) in [5.74, 6) is 0. The Kier molecular flexibility index (Phi) is 6.93. The van der Waals surface area contributed by atoms with Gasteiger partial charge in [-0.25, -0.2) is 8.42 Å². The van der Waals surface area contributed by atoms with E-state index in [-0.39, 0.29) is 15.5 Å². The average Bonchev–Trinajstić information content (AvgIpc) is 3.34. The molecule has 3 rings (SSSR count). The SMILES string of the molecule is O=[SH](=O)c1cccc(-c2ccc(-c3cc(C(F)(F)F)nn3CCOS(=O)(=O)C(F)(F)F)s2)c1. The minimum atomic E-state index is -5.92. The fourth-order valence-electron chi connectivity index (χ4n) is 2.63. The molecule has 0 fully saturated rings. The van der Waals surface area contributed by atoms with Crippen LogP contribution < -0.4 is 0 Å². The highest BCUT2D eigenvalue weighted by atomic mass is 32.2. The van der Waals surface area contributed by atoms with Crippen LogP contribution in [0.15, 0.2) is 47.4 Å². The van der Waals surface area contributed by atoms with Crippen LogP contribution in [0.3, 0.4) is 0 Å². The van der Waals surface area contributed by atoms with Crippen molar-refractivity contribution < 1.29 is 47.4 Å². The smallest absolute Gasteiger partial charge is 0.261 e. The van der Waals surface area contributed by atoms with Crippen LogP contribution in [0.25, 0.3) is 21.0 Å². The minimum absolute atomic E-state index is 0.0323. The van der Waals surface area contributed by atoms with E-state index in [1.807, 2.05) is 0 Å². The fraction of sp³-hybridized carbons (Fsp3) is 0.235. The van der Waals surface area contributed by atoms with E-state index >= 15 is 0 Å². The molecular formula is C17H12F6N2O5S3. The normalized spacial score (nSPS) is 13.1. The van der Waals surface area contributed by atoms with Crippen LogP contribution in [0.5, 0.6) is 0 Å². The molecule has 1 aromatic carbocycles. The van der Waals surface area contributed by atoms with Gasteiger partial charge in [0.1, 0.15) is 0 Å². The molecule has 0 unspecified atom stereocenters. The summed E-state index contributed by atoms with van der Waals surface area (Å²) in [4.78, 5) is 0.759. The van der Waals surface area contributed by atoms with E-state index in [0.29, 0.717) is 21.2 Å². The highest BCUT2D eigenvalue weighted by Crippen LogP contribution is 2.38. The Balaban J connectivity index is 1.93. The Labute approximate surface area is 188 Å². The van der Waals surface area contributed by atoms with Crippen molar-refractivity contribution in [1.82, 2.24) is 9.78 Å². The molecule has 33 heavy (non-hydrogen) atoms. The van der Waals surface area contributed by atoms with Crippen LogP contribution in [0, 0.1) is 0 Å². The summed E-state index contributed by atoms with van der Waals surface area (Å²) >= 11 is 0.977. The summed E-state index contributed by atoms with van der Waals surface area (Å²) in [6.45, 7) is -1.83. The Hall–Kier alpha value is -2.43. The molecule has 3 aromatic rings. The van der Waals surface area contributed by atoms with E-state index in [4.69, 9.17) is 0 Å². The monoisotopic (exact) mass is 534 g/mol. The summed E-state index contributed by atoms with van der Waals surface area (Å²) in [7, 11) is -8.78. The van der Waals surface area contributed by atoms with Gasteiger partial charge in [0.25, 0.3) is 0 Å². The summed E-state index contributed by atoms with van der Waals surface area (Å²) in [5, 5.41) is 3.32. The second-order valence-electron chi connectivity index (χ2n) is 6.33. The number of aromatic nitrogens is 2. The van der Waals surface area contributed by atoms with Crippen molar-refractivity contribution in [2.75, 3.05) is 6.61 Å². The highest BCUT2D eigenvalue weighted by Gasteiger charge is 2.47. The van der Waals surface area contributed by atoms with E-state index in [9.17, 15) is 43.2 Å². The van der Waals surface area contributed by atoms with Crippen LogP contribution in [-0.2, 0) is 37.7 Å². The van der Waals surface area contributed by atoms with Crippen molar-refractivity contribution in [1.29, 1.82) is 0 Å². The molecule has 2 aromatic heterocycles. The van der Waals surface area contributed by atoms with Crippen LogP contribution >= 0.6 is 11.3 Å². The van der Waals surface area contributed by atoms with Crippen molar-refractivity contribution in [2.24, 2.45) is 0 Å². The topological polar surface area (TPSA) is 95.3 Å². The van der Waals surface area contributed by atoms with Crippen molar-refractivity contribution in [3.05, 3.63) is 48.2 Å². The number of benzene rings is 1. The average molecular weight is 534 g/mol. The first-order chi connectivity index (χ1) is 15.2. The van der Waals surface area contributed by atoms with E-state index < -0.39 is 51.4 Å². The zero-order valence-electron chi connectivity index (χ0n) is 15.9. The van der Waals surface area contributed by atoms with Gasteiger partial charge < -0.3 is 0 Å². The van der Waals surface area contributed by atoms with Crippen molar-refractivity contribution >= 4 is 32.2 Å². The van der Waals surface area contributed by atoms with Gasteiger partial charge in [-0.2, -0.15) is 39.9 Å². The maximum atomic E-state index is 13.1. The molecule has 0 aliphatic rings. The Bertz CT molecular complexity index is 1330. The molecule has 0 atom stereocenters. The molecular weight excluding hydrogens is 522 g/mol. The standard InChI is InChI=1S/C17H12F6N2O5S3/c18-16(19,20)15-9-12(25(24-15)6-7-30-33(28,29)17(21,22)23)14-5-4-13(31-14)10-2-1-3-11(8-10)32(26)27/h1-5,8-9,32H,6-7H2. The van der Waals surface area contributed by atoms with Crippen molar-refractivity contribution in [2.45, 2.75) is 23.1 Å². The molecule has 180 valence electrons. The maximum absolute atomic E-state index is 13.1. The van der Waals surface area contributed by atoms with Gasteiger partial charge in [0.2, 0.25) is 0 Å². The van der Waals surface area contributed by atoms with Gasteiger partial charge in [-0.1, -0.05) is 12.1 Å². The third-order valence-corrected chi connectivity index (χ3v) is 7.00. The van der Waals surface area contributed by atoms with E-state index in [1.165, 1.54) is 30.3 Å². The molecule has 0 N–H and O–H groups in total. The molecule has 7 nitrogen and oxygen atoms in total. The molecule has 2 heterocycles. The number of nitrogens with zero attached hydrogens (tertiary/aromatic N) is 2. The van der Waals surface area contributed by atoms with Crippen LogP contribution in [0.2, 0.25) is 0 Å². The number of alkyl halides is 6. The molecule has 0 aliphatic heterocycles. The number of rotatable bonds is 7. The first-order valence-corrected chi connectivity index (χ1v) is 12.0. The molecule has 0 saturated carbocycles. The van der Waals surface area contributed by atoms with Gasteiger partial charge in [0.05, 0.1) is 28.6 Å². The number of hydrogen-bond acceptors (Lipinski definition) is 7. The minimum Gasteiger partial charge on any atom is -0.261 e. The van der Waals surface area contributed by atoms with Gasteiger partial charge in [0, 0.05) is 4.88 Å². The second kappa shape index (κ2) is 9.08. The van der Waals surface area contributed by atoms with Gasteiger partial charge in [0.15, 0.2) is 16.4 Å². The maximum Gasteiger partial charge on any atom is 0.523 e. The van der Waals surface area contributed by atoms with Crippen LogP contribution in [0.4, 0.5) is 26.3 Å². The largest absolute Gasteiger partial charge is 0.523 e. The van der Waals surface area contributed by atoms with Crippen LogP contribution in [-0.4, -0.2) is 38.7 Å². The van der Waals surface area contributed by atoms with Gasteiger partial charge in [-0.15, -0.1) is 11.3 Å².